The van der Waals surface area contributed by atoms with Gasteiger partial charge in [-0.3, -0.25) is 0 Å². The fourth-order valence-corrected chi connectivity index (χ4v) is 1.94. The first-order valence-corrected chi connectivity index (χ1v) is 5.54. The van der Waals surface area contributed by atoms with Crippen molar-refractivity contribution >= 4 is 11.9 Å². The van der Waals surface area contributed by atoms with E-state index in [0.717, 1.165) is 19.5 Å². The molecule has 1 aliphatic heterocycles. The lowest BCUT2D eigenvalue weighted by atomic mass is 10.2. The van der Waals surface area contributed by atoms with Gasteiger partial charge >= 0.3 is 5.97 Å². The van der Waals surface area contributed by atoms with E-state index in [4.69, 9.17) is 5.11 Å². The quantitative estimate of drug-likeness (QED) is 0.814. The van der Waals surface area contributed by atoms with Crippen molar-refractivity contribution in [1.82, 2.24) is 14.9 Å². The normalized spacial score (nSPS) is 19.9. The number of hydrogen-bond donors (Lipinski definition) is 1. The largest absolute Gasteiger partial charge is 0.478 e. The molecule has 6 heteroatoms. The second-order valence-corrected chi connectivity index (χ2v) is 4.43. The van der Waals surface area contributed by atoms with Gasteiger partial charge in [-0.15, -0.1) is 0 Å². The van der Waals surface area contributed by atoms with Crippen LogP contribution in [0.2, 0.25) is 0 Å². The van der Waals surface area contributed by atoms with Crippen LogP contribution >= 0.6 is 0 Å². The maximum atomic E-state index is 10.7. The Labute approximate surface area is 99.9 Å². The number of nitrogens with zero attached hydrogens (tertiary/aromatic N) is 4. The Kier molecular flexibility index (Phi) is 3.23. The lowest BCUT2D eigenvalue weighted by Gasteiger charge is -2.20. The van der Waals surface area contributed by atoms with E-state index in [2.05, 4.69) is 33.9 Å². The summed E-state index contributed by atoms with van der Waals surface area (Å²) in [6, 6.07) is 0.512. The van der Waals surface area contributed by atoms with Gasteiger partial charge in [-0.25, -0.2) is 14.8 Å². The minimum atomic E-state index is -0.996. The second-order valence-electron chi connectivity index (χ2n) is 4.43. The summed E-state index contributed by atoms with van der Waals surface area (Å²) >= 11 is 0. The van der Waals surface area contributed by atoms with E-state index in [0.29, 0.717) is 12.0 Å². The number of likely N-dealkylation sites (N-methyl/N-ethyl adjacent to an activating group) is 1. The first-order chi connectivity index (χ1) is 8.08. The molecule has 1 atom stereocenters. The average molecular weight is 236 g/mol. The molecule has 1 saturated heterocycles. The van der Waals surface area contributed by atoms with E-state index in [9.17, 15) is 4.79 Å². The van der Waals surface area contributed by atoms with E-state index in [1.165, 1.54) is 12.4 Å². The van der Waals surface area contributed by atoms with Crippen LogP contribution in [-0.4, -0.2) is 59.2 Å². The Hall–Kier alpha value is -1.69. The van der Waals surface area contributed by atoms with Crippen molar-refractivity contribution in [3.63, 3.8) is 0 Å². The van der Waals surface area contributed by atoms with Crippen LogP contribution in [-0.2, 0) is 0 Å². The predicted molar refractivity (Wildman–Crippen MR) is 63.3 cm³/mol. The lowest BCUT2D eigenvalue weighted by molar-refractivity contribution is 0.0696. The summed E-state index contributed by atoms with van der Waals surface area (Å²) in [6.07, 6.45) is 3.79. The molecule has 0 aromatic carbocycles. The van der Waals surface area contributed by atoms with E-state index in [1.54, 1.807) is 0 Å². The maximum absolute atomic E-state index is 10.7. The number of aromatic nitrogens is 2. The molecular weight excluding hydrogens is 220 g/mol. The van der Waals surface area contributed by atoms with Gasteiger partial charge in [0.05, 0.1) is 5.56 Å². The fraction of sp³-hybridized carbons (Fsp3) is 0.545. The molecule has 0 bridgehead atoms. The van der Waals surface area contributed by atoms with Crippen molar-refractivity contribution in [1.29, 1.82) is 0 Å². The number of carboxylic acid groups (broad SMARTS) is 1. The smallest absolute Gasteiger partial charge is 0.338 e. The van der Waals surface area contributed by atoms with Gasteiger partial charge in [-0.05, 0) is 20.5 Å². The van der Waals surface area contributed by atoms with Gasteiger partial charge in [0.25, 0.3) is 0 Å². The van der Waals surface area contributed by atoms with Crippen LogP contribution in [0, 0.1) is 0 Å². The van der Waals surface area contributed by atoms with E-state index < -0.39 is 5.97 Å². The Morgan fingerprint density at radius 1 is 1.47 bits per heavy atom. The van der Waals surface area contributed by atoms with Crippen molar-refractivity contribution in [2.75, 3.05) is 32.1 Å². The molecule has 0 saturated carbocycles. The first-order valence-electron chi connectivity index (χ1n) is 5.54. The van der Waals surface area contributed by atoms with Crippen LogP contribution < -0.4 is 4.90 Å². The van der Waals surface area contributed by atoms with Gasteiger partial charge in [0, 0.05) is 31.5 Å². The Morgan fingerprint density at radius 2 is 2.12 bits per heavy atom. The zero-order chi connectivity index (χ0) is 12.4. The molecule has 0 aliphatic carbocycles. The van der Waals surface area contributed by atoms with Gasteiger partial charge in [-0.1, -0.05) is 0 Å². The predicted octanol–water partition coefficient (Wildman–Crippen LogP) is 0.315. The second kappa shape index (κ2) is 4.67. The molecule has 17 heavy (non-hydrogen) atoms. The monoisotopic (exact) mass is 236 g/mol. The zero-order valence-electron chi connectivity index (χ0n) is 10.00. The minimum absolute atomic E-state index is 0.122. The van der Waals surface area contributed by atoms with Gasteiger partial charge < -0.3 is 14.9 Å². The highest BCUT2D eigenvalue weighted by Crippen LogP contribution is 2.18. The summed E-state index contributed by atoms with van der Waals surface area (Å²) in [7, 11) is 4.12. The SMILES string of the molecule is CN(C)C1CCN(c2ncc(C(=O)O)cn2)C1. The van der Waals surface area contributed by atoms with E-state index >= 15 is 0 Å². The number of carbonyl (C=O) groups is 1. The third-order valence-corrected chi connectivity index (χ3v) is 3.06. The number of hydrogen-bond acceptors (Lipinski definition) is 5. The molecule has 2 rings (SSSR count). The van der Waals surface area contributed by atoms with Crippen LogP contribution in [0.1, 0.15) is 16.8 Å². The van der Waals surface area contributed by atoms with Gasteiger partial charge in [0.2, 0.25) is 5.95 Å². The molecule has 1 unspecified atom stereocenters. The van der Waals surface area contributed by atoms with Crippen molar-refractivity contribution < 1.29 is 9.90 Å². The Balaban J connectivity index is 2.06. The van der Waals surface area contributed by atoms with Crippen LogP contribution in [0.3, 0.4) is 0 Å². The first kappa shape index (κ1) is 11.8. The highest BCUT2D eigenvalue weighted by atomic mass is 16.4. The van der Waals surface area contributed by atoms with E-state index in [-0.39, 0.29) is 5.56 Å². The number of aromatic carboxylic acids is 1. The molecule has 1 N–H and O–H groups in total. The third kappa shape index (κ3) is 2.52. The molecule has 1 aromatic rings. The van der Waals surface area contributed by atoms with Crippen LogP contribution in [0.25, 0.3) is 0 Å². The highest BCUT2D eigenvalue weighted by Gasteiger charge is 2.25. The third-order valence-electron chi connectivity index (χ3n) is 3.06. The molecule has 0 spiro atoms. The van der Waals surface area contributed by atoms with Crippen LogP contribution in [0.4, 0.5) is 5.95 Å². The van der Waals surface area contributed by atoms with Crippen molar-refractivity contribution in [3.05, 3.63) is 18.0 Å². The molecular formula is C11H16N4O2. The van der Waals surface area contributed by atoms with Gasteiger partial charge in [0.15, 0.2) is 0 Å². The Bertz CT molecular complexity index is 404. The minimum Gasteiger partial charge on any atom is -0.478 e. The molecule has 1 aliphatic rings. The number of carboxylic acids is 1. The number of anilines is 1. The Morgan fingerprint density at radius 3 is 2.59 bits per heavy atom. The molecule has 1 aromatic heterocycles. The molecule has 0 amide bonds. The van der Waals surface area contributed by atoms with Crippen LogP contribution in [0.5, 0.6) is 0 Å². The van der Waals surface area contributed by atoms with Crippen molar-refractivity contribution in [3.8, 4) is 0 Å². The molecule has 2 heterocycles. The zero-order valence-corrected chi connectivity index (χ0v) is 10.00. The fourth-order valence-electron chi connectivity index (χ4n) is 1.94. The van der Waals surface area contributed by atoms with Gasteiger partial charge in [0.1, 0.15) is 0 Å². The highest BCUT2D eigenvalue weighted by molar-refractivity contribution is 5.86. The summed E-state index contributed by atoms with van der Waals surface area (Å²) in [5.41, 5.74) is 0.122. The summed E-state index contributed by atoms with van der Waals surface area (Å²) in [6.45, 7) is 1.80. The molecule has 6 nitrogen and oxygen atoms in total. The summed E-state index contributed by atoms with van der Waals surface area (Å²) in [4.78, 5) is 23.1. The lowest BCUT2D eigenvalue weighted by Crippen LogP contribution is -2.32. The van der Waals surface area contributed by atoms with Crippen molar-refractivity contribution in [2.45, 2.75) is 12.5 Å². The van der Waals surface area contributed by atoms with Crippen molar-refractivity contribution in [2.24, 2.45) is 0 Å². The number of rotatable bonds is 3. The molecule has 1 fully saturated rings. The maximum Gasteiger partial charge on any atom is 0.338 e. The average Bonchev–Trinajstić information content (AvgIpc) is 2.78. The summed E-state index contributed by atoms with van der Waals surface area (Å²) < 4.78 is 0. The topological polar surface area (TPSA) is 69.6 Å². The summed E-state index contributed by atoms with van der Waals surface area (Å²) in [5.74, 6) is -0.386. The van der Waals surface area contributed by atoms with E-state index in [1.807, 2.05) is 0 Å². The molecule has 92 valence electrons. The van der Waals surface area contributed by atoms with Gasteiger partial charge in [-0.2, -0.15) is 0 Å². The summed E-state index contributed by atoms with van der Waals surface area (Å²) in [5, 5.41) is 8.76. The molecule has 0 radical (unpaired) electrons. The van der Waals surface area contributed by atoms with Crippen LogP contribution in [0.15, 0.2) is 12.4 Å². The standard InChI is InChI=1S/C11H16N4O2/c1-14(2)9-3-4-15(7-9)11-12-5-8(6-13-11)10(16)17/h5-6,9H,3-4,7H2,1-2H3,(H,16,17).